The highest BCUT2D eigenvalue weighted by Gasteiger charge is 2.16. The number of hydrogen-bond acceptors (Lipinski definition) is 2. The molecule has 0 saturated carbocycles. The van der Waals surface area contributed by atoms with Crippen LogP contribution in [0.25, 0.3) is 5.65 Å². The highest BCUT2D eigenvalue weighted by molar-refractivity contribution is 5.85. The molecular weight excluding hydrogens is 236 g/mol. The minimum absolute atomic E-state index is 0. The van der Waals surface area contributed by atoms with Crippen LogP contribution in [0, 0.1) is 6.92 Å². The molecule has 1 aliphatic carbocycles. The van der Waals surface area contributed by atoms with Crippen LogP contribution in [0.15, 0.2) is 23.1 Å². The Bertz CT molecular complexity index is 619. The van der Waals surface area contributed by atoms with E-state index in [-0.39, 0.29) is 18.0 Å². The molecule has 0 amide bonds. The Morgan fingerprint density at radius 2 is 2.06 bits per heavy atom. The van der Waals surface area contributed by atoms with E-state index < -0.39 is 0 Å². The van der Waals surface area contributed by atoms with Crippen molar-refractivity contribution in [3.8, 4) is 0 Å². The van der Waals surface area contributed by atoms with Crippen LogP contribution in [0.5, 0.6) is 0 Å². The summed E-state index contributed by atoms with van der Waals surface area (Å²) in [5.41, 5.74) is 3.95. The molecule has 0 aliphatic heterocycles. The fourth-order valence-electron chi connectivity index (χ4n) is 2.43. The molecule has 3 nitrogen and oxygen atoms in total. The quantitative estimate of drug-likeness (QED) is 0.719. The predicted molar refractivity (Wildman–Crippen MR) is 70.1 cm³/mol. The molecule has 90 valence electrons. The van der Waals surface area contributed by atoms with Gasteiger partial charge in [-0.25, -0.2) is 4.98 Å². The van der Waals surface area contributed by atoms with Crippen molar-refractivity contribution in [2.24, 2.45) is 0 Å². The summed E-state index contributed by atoms with van der Waals surface area (Å²) in [4.78, 5) is 16.9. The largest absolute Gasteiger partial charge is 0.269 e. The van der Waals surface area contributed by atoms with Crippen molar-refractivity contribution in [2.45, 2.75) is 32.6 Å². The van der Waals surface area contributed by atoms with Gasteiger partial charge in [-0.1, -0.05) is 6.07 Å². The highest BCUT2D eigenvalue weighted by atomic mass is 35.5. The molecular formula is C13H15ClN2O. The number of halogens is 1. The van der Waals surface area contributed by atoms with Gasteiger partial charge in [0.2, 0.25) is 0 Å². The molecule has 1 aliphatic rings. The van der Waals surface area contributed by atoms with Crippen molar-refractivity contribution in [3.63, 3.8) is 0 Å². The minimum atomic E-state index is 0. The number of fused-ring (bicyclic) bond motifs is 2. The number of rotatable bonds is 0. The third-order valence-electron chi connectivity index (χ3n) is 3.32. The second kappa shape index (κ2) is 4.49. The SMILES string of the molecule is Cc1cccn2c(=O)c3c(nc12)CCCC3.Cl. The van der Waals surface area contributed by atoms with Crippen LogP contribution in [0.1, 0.15) is 29.7 Å². The molecule has 17 heavy (non-hydrogen) atoms. The lowest BCUT2D eigenvalue weighted by molar-refractivity contribution is 0.656. The van der Waals surface area contributed by atoms with Crippen LogP contribution in [-0.4, -0.2) is 9.38 Å². The summed E-state index contributed by atoms with van der Waals surface area (Å²) in [5.74, 6) is 0. The molecule has 4 heteroatoms. The Labute approximate surface area is 106 Å². The lowest BCUT2D eigenvalue weighted by Crippen LogP contribution is -2.25. The summed E-state index contributed by atoms with van der Waals surface area (Å²) in [6.45, 7) is 2.00. The molecule has 2 aromatic heterocycles. The monoisotopic (exact) mass is 250 g/mol. The zero-order valence-electron chi connectivity index (χ0n) is 9.77. The van der Waals surface area contributed by atoms with Gasteiger partial charge in [-0.15, -0.1) is 12.4 Å². The van der Waals surface area contributed by atoms with Crippen LogP contribution in [-0.2, 0) is 12.8 Å². The molecule has 0 fully saturated rings. The number of aromatic nitrogens is 2. The average molecular weight is 251 g/mol. The van der Waals surface area contributed by atoms with Gasteiger partial charge in [-0.3, -0.25) is 9.20 Å². The molecule has 0 atom stereocenters. The first-order valence-electron chi connectivity index (χ1n) is 5.77. The Hall–Kier alpha value is -1.35. The van der Waals surface area contributed by atoms with Crippen LogP contribution in [0.2, 0.25) is 0 Å². The normalized spacial score (nSPS) is 14.2. The smallest absolute Gasteiger partial charge is 0.261 e. The lowest BCUT2D eigenvalue weighted by atomic mass is 9.97. The number of aryl methyl sites for hydroxylation is 2. The van der Waals surface area contributed by atoms with E-state index in [1.807, 2.05) is 25.3 Å². The molecule has 0 spiro atoms. The lowest BCUT2D eigenvalue weighted by Gasteiger charge is -2.15. The van der Waals surface area contributed by atoms with Gasteiger partial charge in [0, 0.05) is 11.8 Å². The van der Waals surface area contributed by atoms with Gasteiger partial charge in [-0.05, 0) is 44.2 Å². The van der Waals surface area contributed by atoms with Gasteiger partial charge in [0.25, 0.3) is 5.56 Å². The summed E-state index contributed by atoms with van der Waals surface area (Å²) in [7, 11) is 0. The second-order valence-electron chi connectivity index (χ2n) is 4.43. The Morgan fingerprint density at radius 3 is 2.88 bits per heavy atom. The van der Waals surface area contributed by atoms with Crippen LogP contribution in [0.3, 0.4) is 0 Å². The van der Waals surface area contributed by atoms with E-state index in [0.29, 0.717) is 0 Å². The minimum Gasteiger partial charge on any atom is -0.269 e. The van der Waals surface area contributed by atoms with E-state index in [4.69, 9.17) is 0 Å². The van der Waals surface area contributed by atoms with E-state index >= 15 is 0 Å². The number of pyridine rings is 1. The molecule has 0 bridgehead atoms. The second-order valence-corrected chi connectivity index (χ2v) is 4.43. The van der Waals surface area contributed by atoms with E-state index in [0.717, 1.165) is 48.2 Å². The van der Waals surface area contributed by atoms with Gasteiger partial charge >= 0.3 is 0 Å². The Kier molecular flexibility index (Phi) is 3.20. The first-order valence-corrected chi connectivity index (χ1v) is 5.77. The number of hydrogen-bond donors (Lipinski definition) is 0. The summed E-state index contributed by atoms with van der Waals surface area (Å²) in [6, 6.07) is 3.90. The maximum absolute atomic E-state index is 12.2. The van der Waals surface area contributed by atoms with Crippen molar-refractivity contribution < 1.29 is 0 Å². The van der Waals surface area contributed by atoms with Crippen LogP contribution < -0.4 is 5.56 Å². The molecule has 0 radical (unpaired) electrons. The Balaban J connectivity index is 0.00000108. The molecule has 2 heterocycles. The summed E-state index contributed by atoms with van der Waals surface area (Å²) >= 11 is 0. The maximum atomic E-state index is 12.2. The summed E-state index contributed by atoms with van der Waals surface area (Å²) in [5, 5.41) is 0. The van der Waals surface area contributed by atoms with Crippen LogP contribution >= 0.6 is 12.4 Å². The fourth-order valence-corrected chi connectivity index (χ4v) is 2.43. The maximum Gasteiger partial charge on any atom is 0.261 e. The molecule has 0 saturated heterocycles. The van der Waals surface area contributed by atoms with Crippen molar-refractivity contribution >= 4 is 18.1 Å². The average Bonchev–Trinajstić information content (AvgIpc) is 2.31. The number of nitrogens with zero attached hydrogens (tertiary/aromatic N) is 2. The first-order chi connectivity index (χ1) is 7.77. The van der Waals surface area contributed by atoms with Crippen molar-refractivity contribution in [2.75, 3.05) is 0 Å². The molecule has 3 rings (SSSR count). The van der Waals surface area contributed by atoms with Gasteiger partial charge in [0.05, 0.1) is 5.69 Å². The van der Waals surface area contributed by atoms with Gasteiger partial charge in [0.1, 0.15) is 5.65 Å². The molecule has 0 N–H and O–H groups in total. The van der Waals surface area contributed by atoms with Crippen molar-refractivity contribution in [3.05, 3.63) is 45.5 Å². The zero-order valence-corrected chi connectivity index (χ0v) is 10.6. The highest BCUT2D eigenvalue weighted by Crippen LogP contribution is 2.17. The first kappa shape index (κ1) is 12.1. The van der Waals surface area contributed by atoms with E-state index in [9.17, 15) is 4.79 Å². The Morgan fingerprint density at radius 1 is 1.29 bits per heavy atom. The van der Waals surface area contributed by atoms with Crippen molar-refractivity contribution in [1.29, 1.82) is 0 Å². The van der Waals surface area contributed by atoms with Gasteiger partial charge in [-0.2, -0.15) is 0 Å². The van der Waals surface area contributed by atoms with E-state index in [1.165, 1.54) is 0 Å². The van der Waals surface area contributed by atoms with Crippen molar-refractivity contribution in [1.82, 2.24) is 9.38 Å². The summed E-state index contributed by atoms with van der Waals surface area (Å²) < 4.78 is 1.68. The molecule has 0 aromatic carbocycles. The van der Waals surface area contributed by atoms with Gasteiger partial charge < -0.3 is 0 Å². The van der Waals surface area contributed by atoms with E-state index in [1.54, 1.807) is 4.40 Å². The van der Waals surface area contributed by atoms with Crippen LogP contribution in [0.4, 0.5) is 0 Å². The third-order valence-corrected chi connectivity index (χ3v) is 3.32. The molecule has 2 aromatic rings. The van der Waals surface area contributed by atoms with E-state index in [2.05, 4.69) is 4.98 Å². The third kappa shape index (κ3) is 1.84. The standard InChI is InChI=1S/C13H14N2O.ClH/c1-9-5-4-8-15-12(9)14-11-7-3-2-6-10(11)13(15)16;/h4-5,8H,2-3,6-7H2,1H3;1H. The predicted octanol–water partition coefficient (Wildman–Crippen LogP) is 2.30. The summed E-state index contributed by atoms with van der Waals surface area (Å²) in [6.07, 6.45) is 5.92. The topological polar surface area (TPSA) is 34.4 Å². The fraction of sp³-hybridized carbons (Fsp3) is 0.385. The van der Waals surface area contributed by atoms with Gasteiger partial charge in [0.15, 0.2) is 0 Å². The molecule has 0 unspecified atom stereocenters. The zero-order chi connectivity index (χ0) is 11.1.